The van der Waals surface area contributed by atoms with Crippen LogP contribution >= 0.6 is 0 Å². The molecule has 0 heterocycles. The second-order valence-corrected chi connectivity index (χ2v) is 10.2. The van der Waals surface area contributed by atoms with Crippen molar-refractivity contribution < 1.29 is 0 Å². The third-order valence-electron chi connectivity index (χ3n) is 6.93. The Bertz CT molecular complexity index is 282. The average Bonchev–Trinajstić information content (AvgIpc) is 2.75. The van der Waals surface area contributed by atoms with Gasteiger partial charge in [-0.3, -0.25) is 0 Å². The molecule has 30 heavy (non-hydrogen) atoms. The van der Waals surface area contributed by atoms with Gasteiger partial charge in [0.05, 0.1) is 0 Å². The van der Waals surface area contributed by atoms with Gasteiger partial charge in [-0.1, -0.05) is 188 Å². The zero-order valence-electron chi connectivity index (χ0n) is 21.7. The minimum absolute atomic E-state index is 0.719. The minimum atomic E-state index is 0.719. The Morgan fingerprint density at radius 1 is 0.333 bits per heavy atom. The summed E-state index contributed by atoms with van der Waals surface area (Å²) in [6.07, 6.45) is 37.6. The largest absolute Gasteiger partial charge is 0.0654 e. The first-order valence-corrected chi connectivity index (χ1v) is 14.6. The number of unbranched alkanes of at least 4 members (excludes halogenated alkanes) is 22. The Labute approximate surface area is 193 Å². The van der Waals surface area contributed by atoms with Crippen LogP contribution in [-0.4, -0.2) is 0 Å². The summed E-state index contributed by atoms with van der Waals surface area (Å²) in [5, 5.41) is 0. The second kappa shape index (κ2) is 27.0. The highest BCUT2D eigenvalue weighted by molar-refractivity contribution is 4.62. The van der Waals surface area contributed by atoms with Crippen LogP contribution in [0.15, 0.2) is 0 Å². The monoisotopic (exact) mass is 421 g/mol. The standard InChI is InChI=1S/C30H61/c1-4-6-8-10-12-14-16-17-19-21-23-25-27-29-30(3)28-26-24-22-20-18-15-13-11-9-7-5-2/h30H,3-29H2,1-2H3. The molecule has 1 radical (unpaired) electrons. The summed E-state index contributed by atoms with van der Waals surface area (Å²) >= 11 is 0. The van der Waals surface area contributed by atoms with Gasteiger partial charge in [-0.2, -0.15) is 0 Å². The molecule has 0 aliphatic rings. The smallest absolute Gasteiger partial charge is 0.0414 e. The summed E-state index contributed by atoms with van der Waals surface area (Å²) < 4.78 is 0. The molecule has 0 amide bonds. The van der Waals surface area contributed by atoms with Crippen LogP contribution in [0.25, 0.3) is 0 Å². The van der Waals surface area contributed by atoms with Gasteiger partial charge in [0.1, 0.15) is 0 Å². The van der Waals surface area contributed by atoms with Crippen LogP contribution in [0, 0.1) is 12.8 Å². The SMILES string of the molecule is [CH2]C(CCCCCCCCCCCCC)CCCCCCCCCCCCCCC. The summed E-state index contributed by atoms with van der Waals surface area (Å²) in [6, 6.07) is 0. The van der Waals surface area contributed by atoms with E-state index in [1.807, 2.05) is 0 Å². The summed E-state index contributed by atoms with van der Waals surface area (Å²) in [5.74, 6) is 0.719. The highest BCUT2D eigenvalue weighted by atomic mass is 14.1. The third kappa shape index (κ3) is 26.0. The van der Waals surface area contributed by atoms with E-state index >= 15 is 0 Å². The van der Waals surface area contributed by atoms with Crippen molar-refractivity contribution in [2.75, 3.05) is 0 Å². The van der Waals surface area contributed by atoms with E-state index in [-0.39, 0.29) is 0 Å². The number of hydrogen-bond donors (Lipinski definition) is 0. The van der Waals surface area contributed by atoms with E-state index in [2.05, 4.69) is 20.8 Å². The van der Waals surface area contributed by atoms with E-state index in [0.717, 1.165) is 5.92 Å². The molecule has 0 aromatic carbocycles. The maximum absolute atomic E-state index is 4.42. The lowest BCUT2D eigenvalue weighted by molar-refractivity contribution is 0.459. The zero-order valence-corrected chi connectivity index (χ0v) is 21.7. The van der Waals surface area contributed by atoms with Crippen LogP contribution < -0.4 is 0 Å². The molecule has 0 fully saturated rings. The average molecular weight is 422 g/mol. The Hall–Kier alpha value is 0. The molecule has 0 aromatic rings. The topological polar surface area (TPSA) is 0 Å². The van der Waals surface area contributed by atoms with Crippen LogP contribution in [0.3, 0.4) is 0 Å². The summed E-state index contributed by atoms with van der Waals surface area (Å²) in [5.41, 5.74) is 0. The Kier molecular flexibility index (Phi) is 27.0. The van der Waals surface area contributed by atoms with Gasteiger partial charge in [-0.05, 0) is 5.92 Å². The molecule has 0 aliphatic heterocycles. The molecule has 0 bridgehead atoms. The van der Waals surface area contributed by atoms with Gasteiger partial charge in [-0.25, -0.2) is 0 Å². The van der Waals surface area contributed by atoms with E-state index in [1.165, 1.54) is 167 Å². The van der Waals surface area contributed by atoms with E-state index < -0.39 is 0 Å². The zero-order chi connectivity index (χ0) is 22.0. The summed E-state index contributed by atoms with van der Waals surface area (Å²) in [4.78, 5) is 0. The maximum atomic E-state index is 4.42. The molecule has 181 valence electrons. The van der Waals surface area contributed by atoms with Gasteiger partial charge in [0, 0.05) is 0 Å². The van der Waals surface area contributed by atoms with Crippen molar-refractivity contribution >= 4 is 0 Å². The fraction of sp³-hybridized carbons (Fsp3) is 0.967. The molecule has 0 aromatic heterocycles. The van der Waals surface area contributed by atoms with Crippen molar-refractivity contribution in [2.45, 2.75) is 181 Å². The molecule has 0 spiro atoms. The van der Waals surface area contributed by atoms with E-state index in [1.54, 1.807) is 0 Å². The predicted molar refractivity (Wildman–Crippen MR) is 140 cm³/mol. The molecule has 0 N–H and O–H groups in total. The molecule has 0 heteroatoms. The molecular formula is C30H61. The lowest BCUT2D eigenvalue weighted by Gasteiger charge is -2.11. The van der Waals surface area contributed by atoms with Gasteiger partial charge in [0.2, 0.25) is 0 Å². The number of rotatable bonds is 26. The quantitative estimate of drug-likeness (QED) is 0.122. The van der Waals surface area contributed by atoms with Gasteiger partial charge in [0.25, 0.3) is 0 Å². The third-order valence-corrected chi connectivity index (χ3v) is 6.93. The van der Waals surface area contributed by atoms with Crippen LogP contribution in [0.4, 0.5) is 0 Å². The first kappa shape index (κ1) is 30.0. The van der Waals surface area contributed by atoms with Gasteiger partial charge in [-0.15, -0.1) is 0 Å². The molecule has 1 unspecified atom stereocenters. The first-order valence-electron chi connectivity index (χ1n) is 14.6. The molecule has 0 saturated carbocycles. The lowest BCUT2D eigenvalue weighted by atomic mass is 9.95. The number of hydrogen-bond acceptors (Lipinski definition) is 0. The maximum Gasteiger partial charge on any atom is -0.0414 e. The Morgan fingerprint density at radius 2 is 0.533 bits per heavy atom. The van der Waals surface area contributed by atoms with Gasteiger partial charge < -0.3 is 0 Å². The van der Waals surface area contributed by atoms with Crippen molar-refractivity contribution in [1.82, 2.24) is 0 Å². The van der Waals surface area contributed by atoms with Crippen LogP contribution in [0.2, 0.25) is 0 Å². The molecule has 0 nitrogen and oxygen atoms in total. The van der Waals surface area contributed by atoms with Crippen molar-refractivity contribution in [3.63, 3.8) is 0 Å². The van der Waals surface area contributed by atoms with Crippen LogP contribution in [0.1, 0.15) is 181 Å². The van der Waals surface area contributed by atoms with Crippen molar-refractivity contribution in [3.8, 4) is 0 Å². The molecular weight excluding hydrogens is 360 g/mol. The Morgan fingerprint density at radius 3 is 0.767 bits per heavy atom. The fourth-order valence-corrected chi connectivity index (χ4v) is 4.69. The highest BCUT2D eigenvalue weighted by Gasteiger charge is 2.02. The molecule has 1 atom stereocenters. The first-order chi connectivity index (χ1) is 14.8. The van der Waals surface area contributed by atoms with Crippen LogP contribution in [-0.2, 0) is 0 Å². The van der Waals surface area contributed by atoms with E-state index in [9.17, 15) is 0 Å². The minimum Gasteiger partial charge on any atom is -0.0654 e. The van der Waals surface area contributed by atoms with E-state index in [0.29, 0.717) is 0 Å². The molecule has 0 saturated heterocycles. The van der Waals surface area contributed by atoms with Crippen molar-refractivity contribution in [3.05, 3.63) is 6.92 Å². The summed E-state index contributed by atoms with van der Waals surface area (Å²) in [6.45, 7) is 9.02. The normalized spacial score (nSPS) is 12.5. The Balaban J connectivity index is 3.12. The van der Waals surface area contributed by atoms with Crippen molar-refractivity contribution in [2.24, 2.45) is 5.92 Å². The van der Waals surface area contributed by atoms with Crippen LogP contribution in [0.5, 0.6) is 0 Å². The predicted octanol–water partition coefficient (Wildman–Crippen LogP) is 11.6. The molecule has 0 aliphatic carbocycles. The van der Waals surface area contributed by atoms with E-state index in [4.69, 9.17) is 0 Å². The van der Waals surface area contributed by atoms with Gasteiger partial charge in [0.15, 0.2) is 0 Å². The molecule has 0 rings (SSSR count). The second-order valence-electron chi connectivity index (χ2n) is 10.2. The van der Waals surface area contributed by atoms with Crippen molar-refractivity contribution in [1.29, 1.82) is 0 Å². The van der Waals surface area contributed by atoms with Gasteiger partial charge >= 0.3 is 0 Å². The lowest BCUT2D eigenvalue weighted by Crippen LogP contribution is -1.95. The highest BCUT2D eigenvalue weighted by Crippen LogP contribution is 2.19. The fourth-order valence-electron chi connectivity index (χ4n) is 4.69. The summed E-state index contributed by atoms with van der Waals surface area (Å²) in [7, 11) is 0.